The molecule has 1 N–H and O–H groups in total. The second kappa shape index (κ2) is 7.75. The lowest BCUT2D eigenvalue weighted by Crippen LogP contribution is -2.24. The normalized spacial score (nSPS) is 9.83. The molecule has 0 spiro atoms. The lowest BCUT2D eigenvalue weighted by Gasteiger charge is -1.97. The molecule has 118 valence electrons. The molecule has 0 unspecified atom stereocenters. The van der Waals surface area contributed by atoms with Gasteiger partial charge in [0.1, 0.15) is 0 Å². The van der Waals surface area contributed by atoms with E-state index in [9.17, 15) is 4.79 Å². The fourth-order valence-corrected chi connectivity index (χ4v) is 2.03. The third kappa shape index (κ3) is 4.31. The quantitative estimate of drug-likeness (QED) is 0.751. The van der Waals surface area contributed by atoms with Gasteiger partial charge in [-0.15, -0.1) is 10.2 Å². The first-order valence-corrected chi connectivity index (χ1v) is 7.54. The van der Waals surface area contributed by atoms with Crippen molar-refractivity contribution in [1.29, 1.82) is 0 Å². The zero-order valence-corrected chi connectivity index (χ0v) is 12.9. The molecule has 1 aromatic heterocycles. The summed E-state index contributed by atoms with van der Waals surface area (Å²) in [6.07, 6.45) is 0.457. The van der Waals surface area contributed by atoms with Crippen LogP contribution in [0.3, 0.4) is 0 Å². The molecule has 24 heavy (non-hydrogen) atoms. The van der Waals surface area contributed by atoms with Crippen molar-refractivity contribution in [3.8, 4) is 23.3 Å². The number of benzene rings is 2. The number of hydrogen-bond acceptors (Lipinski definition) is 4. The van der Waals surface area contributed by atoms with Crippen LogP contribution >= 0.6 is 0 Å². The van der Waals surface area contributed by atoms with Crippen LogP contribution in [0.5, 0.6) is 0 Å². The first-order valence-electron chi connectivity index (χ1n) is 7.54. The Morgan fingerprint density at radius 1 is 1.00 bits per heavy atom. The van der Waals surface area contributed by atoms with Crippen LogP contribution in [0.2, 0.25) is 0 Å². The molecular weight excluding hydrogens is 302 g/mol. The summed E-state index contributed by atoms with van der Waals surface area (Å²) < 4.78 is 5.57. The van der Waals surface area contributed by atoms with E-state index in [1.54, 1.807) is 0 Å². The predicted molar refractivity (Wildman–Crippen MR) is 89.8 cm³/mol. The highest BCUT2D eigenvalue weighted by Crippen LogP contribution is 2.16. The average molecular weight is 317 g/mol. The van der Waals surface area contributed by atoms with E-state index in [-0.39, 0.29) is 5.91 Å². The Kier molecular flexibility index (Phi) is 5.00. The van der Waals surface area contributed by atoms with Crippen molar-refractivity contribution in [3.05, 3.63) is 72.1 Å². The molecule has 1 amide bonds. The number of carbonyl (C=O) groups excluding carboxylic acids is 1. The summed E-state index contributed by atoms with van der Waals surface area (Å²) in [6, 6.07) is 18.9. The van der Waals surface area contributed by atoms with Gasteiger partial charge in [-0.05, 0) is 24.3 Å². The molecule has 3 rings (SSSR count). The monoisotopic (exact) mass is 317 g/mol. The maximum atomic E-state index is 11.7. The van der Waals surface area contributed by atoms with E-state index in [1.807, 2.05) is 60.7 Å². The first kappa shape index (κ1) is 15.5. The molecule has 3 aromatic rings. The Bertz CT molecular complexity index is 862. The lowest BCUT2D eigenvalue weighted by atomic mass is 10.2. The minimum atomic E-state index is -0.332. The van der Waals surface area contributed by atoms with Crippen LogP contribution in [0.1, 0.15) is 11.5 Å². The average Bonchev–Trinajstić information content (AvgIpc) is 3.11. The summed E-state index contributed by atoms with van der Waals surface area (Å²) in [5.74, 6) is 5.97. The number of rotatable bonds is 4. The Hall–Kier alpha value is -3.39. The van der Waals surface area contributed by atoms with E-state index in [0.29, 0.717) is 24.7 Å². The molecule has 0 aliphatic heterocycles. The van der Waals surface area contributed by atoms with Gasteiger partial charge >= 0.3 is 0 Å². The molecule has 0 aliphatic carbocycles. The topological polar surface area (TPSA) is 68.0 Å². The molecule has 1 heterocycles. The van der Waals surface area contributed by atoms with Crippen LogP contribution in [-0.2, 0) is 11.2 Å². The van der Waals surface area contributed by atoms with Gasteiger partial charge in [0.25, 0.3) is 5.91 Å². The molecule has 0 fully saturated rings. The lowest BCUT2D eigenvalue weighted by molar-refractivity contribution is -0.115. The number of amides is 1. The van der Waals surface area contributed by atoms with Crippen LogP contribution in [0.25, 0.3) is 11.5 Å². The van der Waals surface area contributed by atoms with Crippen molar-refractivity contribution < 1.29 is 9.21 Å². The second-order valence-electron chi connectivity index (χ2n) is 4.99. The highest BCUT2D eigenvalue weighted by atomic mass is 16.4. The van der Waals surface area contributed by atoms with Gasteiger partial charge in [-0.1, -0.05) is 42.3 Å². The maximum Gasteiger partial charge on any atom is 0.296 e. The smallest absolute Gasteiger partial charge is 0.296 e. The van der Waals surface area contributed by atoms with Crippen LogP contribution in [-0.4, -0.2) is 22.6 Å². The molecule has 0 bridgehead atoms. The molecule has 0 saturated heterocycles. The molecule has 0 atom stereocenters. The summed E-state index contributed by atoms with van der Waals surface area (Å²) in [5, 5.41) is 10.7. The predicted octanol–water partition coefficient (Wildman–Crippen LogP) is 2.45. The van der Waals surface area contributed by atoms with Gasteiger partial charge in [-0.25, -0.2) is 0 Å². The highest BCUT2D eigenvalue weighted by molar-refractivity contribution is 5.94. The highest BCUT2D eigenvalue weighted by Gasteiger charge is 2.08. The van der Waals surface area contributed by atoms with E-state index >= 15 is 0 Å². The second-order valence-corrected chi connectivity index (χ2v) is 4.99. The van der Waals surface area contributed by atoms with Crippen molar-refractivity contribution in [1.82, 2.24) is 15.5 Å². The molecular formula is C19H15N3O2. The van der Waals surface area contributed by atoms with E-state index in [0.717, 1.165) is 11.1 Å². The standard InChI is InChI=1S/C19H15N3O2/c23-17(12-11-15-7-3-1-4-8-15)20-14-13-18-21-22-19(24-18)16-9-5-2-6-10-16/h1-10H,13-14H2,(H,20,23). The fourth-order valence-electron chi connectivity index (χ4n) is 2.03. The third-order valence-corrected chi connectivity index (χ3v) is 3.21. The van der Waals surface area contributed by atoms with Gasteiger partial charge in [0.15, 0.2) is 0 Å². The van der Waals surface area contributed by atoms with Gasteiger partial charge in [-0.2, -0.15) is 0 Å². The first-order chi connectivity index (χ1) is 11.8. The van der Waals surface area contributed by atoms with Crippen molar-refractivity contribution >= 4 is 5.91 Å². The number of carbonyl (C=O) groups is 1. The third-order valence-electron chi connectivity index (χ3n) is 3.21. The Morgan fingerprint density at radius 3 is 2.46 bits per heavy atom. The van der Waals surface area contributed by atoms with Gasteiger partial charge in [0.05, 0.1) is 0 Å². The van der Waals surface area contributed by atoms with Crippen LogP contribution < -0.4 is 5.32 Å². The van der Waals surface area contributed by atoms with Crippen LogP contribution in [0.15, 0.2) is 65.1 Å². The fraction of sp³-hybridized carbons (Fsp3) is 0.105. The molecule has 5 nitrogen and oxygen atoms in total. The molecule has 0 aliphatic rings. The summed E-state index contributed by atoms with van der Waals surface area (Å²) in [4.78, 5) is 11.7. The minimum Gasteiger partial charge on any atom is -0.421 e. The molecule has 5 heteroatoms. The largest absolute Gasteiger partial charge is 0.421 e. The van der Waals surface area contributed by atoms with Gasteiger partial charge < -0.3 is 9.73 Å². The Labute approximate surface area is 139 Å². The number of aromatic nitrogens is 2. The van der Waals surface area contributed by atoms with E-state index in [1.165, 1.54) is 0 Å². The van der Waals surface area contributed by atoms with Crippen LogP contribution in [0, 0.1) is 11.8 Å². The Morgan fingerprint density at radius 2 is 1.71 bits per heavy atom. The molecule has 0 radical (unpaired) electrons. The number of nitrogens with one attached hydrogen (secondary N) is 1. The summed E-state index contributed by atoms with van der Waals surface area (Å²) in [7, 11) is 0. The zero-order chi connectivity index (χ0) is 16.6. The summed E-state index contributed by atoms with van der Waals surface area (Å²) in [5.41, 5.74) is 1.67. The van der Waals surface area contributed by atoms with E-state index in [4.69, 9.17) is 4.42 Å². The van der Waals surface area contributed by atoms with Crippen molar-refractivity contribution in [3.63, 3.8) is 0 Å². The summed E-state index contributed by atoms with van der Waals surface area (Å²) >= 11 is 0. The number of nitrogens with zero attached hydrogens (tertiary/aromatic N) is 2. The zero-order valence-electron chi connectivity index (χ0n) is 12.9. The van der Waals surface area contributed by atoms with Crippen molar-refractivity contribution in [2.75, 3.05) is 6.54 Å². The van der Waals surface area contributed by atoms with Crippen molar-refractivity contribution in [2.45, 2.75) is 6.42 Å². The van der Waals surface area contributed by atoms with E-state index < -0.39 is 0 Å². The molecule has 0 saturated carbocycles. The van der Waals surface area contributed by atoms with E-state index in [2.05, 4.69) is 27.4 Å². The minimum absolute atomic E-state index is 0.332. The van der Waals surface area contributed by atoms with Gasteiger partial charge in [0.2, 0.25) is 11.8 Å². The van der Waals surface area contributed by atoms with Gasteiger partial charge in [-0.3, -0.25) is 4.79 Å². The Balaban J connectivity index is 1.49. The van der Waals surface area contributed by atoms with Crippen molar-refractivity contribution in [2.24, 2.45) is 0 Å². The SMILES string of the molecule is O=C(C#Cc1ccccc1)NCCc1nnc(-c2ccccc2)o1. The summed E-state index contributed by atoms with van der Waals surface area (Å²) in [6.45, 7) is 0.388. The number of hydrogen-bond donors (Lipinski definition) is 1. The maximum absolute atomic E-state index is 11.7. The van der Waals surface area contributed by atoms with Gasteiger partial charge in [0, 0.05) is 30.0 Å². The van der Waals surface area contributed by atoms with Crippen LogP contribution in [0.4, 0.5) is 0 Å². The molecule has 2 aromatic carbocycles.